The van der Waals surface area contributed by atoms with Crippen molar-refractivity contribution in [2.24, 2.45) is 0 Å². The summed E-state index contributed by atoms with van der Waals surface area (Å²) < 4.78 is 10.4. The van der Waals surface area contributed by atoms with Crippen LogP contribution in [0.25, 0.3) is 0 Å². The molecule has 2 atom stereocenters. The minimum atomic E-state index is -0.202. The van der Waals surface area contributed by atoms with Crippen molar-refractivity contribution in [1.29, 1.82) is 0 Å². The lowest BCUT2D eigenvalue weighted by Crippen LogP contribution is -2.25. The molecule has 0 bridgehead atoms. The molecule has 0 spiro atoms. The summed E-state index contributed by atoms with van der Waals surface area (Å²) in [7, 11) is 0. The molecule has 15 heavy (non-hydrogen) atoms. The Morgan fingerprint density at radius 2 is 2.20 bits per heavy atom. The Hall–Kier alpha value is -1.35. The van der Waals surface area contributed by atoms with Gasteiger partial charge in [0.15, 0.2) is 0 Å². The number of ether oxygens (including phenoxy) is 2. The standard InChI is InChI=1S/C12H12O3/c1-7-4-9-5-8(11-6-14-11)2-3-10(9)12(13)15-7/h2-3,5,7,11H,4,6H2,1H3/t7-,11-/m0/s1. The molecule has 0 aromatic heterocycles. The van der Waals surface area contributed by atoms with Crippen molar-refractivity contribution in [2.45, 2.75) is 25.6 Å². The van der Waals surface area contributed by atoms with E-state index in [0.717, 1.165) is 18.6 Å². The van der Waals surface area contributed by atoms with Gasteiger partial charge in [0.25, 0.3) is 0 Å². The molecule has 0 aliphatic carbocycles. The van der Waals surface area contributed by atoms with Crippen LogP contribution in [0.5, 0.6) is 0 Å². The van der Waals surface area contributed by atoms with E-state index in [1.807, 2.05) is 19.1 Å². The molecule has 3 nitrogen and oxygen atoms in total. The number of carbonyl (C=O) groups excluding carboxylic acids is 1. The van der Waals surface area contributed by atoms with Gasteiger partial charge in [-0.15, -0.1) is 0 Å². The van der Waals surface area contributed by atoms with Gasteiger partial charge in [-0.3, -0.25) is 0 Å². The first kappa shape index (κ1) is 8.92. The highest BCUT2D eigenvalue weighted by molar-refractivity contribution is 5.92. The van der Waals surface area contributed by atoms with Crippen LogP contribution >= 0.6 is 0 Å². The van der Waals surface area contributed by atoms with Gasteiger partial charge in [0, 0.05) is 6.42 Å². The predicted octanol–water partition coefficient (Wildman–Crippen LogP) is 1.86. The lowest BCUT2D eigenvalue weighted by molar-refractivity contribution is 0.0301. The lowest BCUT2D eigenvalue weighted by Gasteiger charge is -2.21. The Morgan fingerprint density at radius 1 is 1.40 bits per heavy atom. The fourth-order valence-electron chi connectivity index (χ4n) is 2.02. The van der Waals surface area contributed by atoms with E-state index in [-0.39, 0.29) is 18.2 Å². The van der Waals surface area contributed by atoms with Crippen molar-refractivity contribution in [3.8, 4) is 0 Å². The summed E-state index contributed by atoms with van der Waals surface area (Å²) in [5.74, 6) is -0.202. The van der Waals surface area contributed by atoms with Crippen molar-refractivity contribution in [2.75, 3.05) is 6.61 Å². The van der Waals surface area contributed by atoms with E-state index in [9.17, 15) is 4.79 Å². The molecule has 0 unspecified atom stereocenters. The molecule has 3 rings (SSSR count). The smallest absolute Gasteiger partial charge is 0.338 e. The summed E-state index contributed by atoms with van der Waals surface area (Å²) in [5.41, 5.74) is 2.97. The monoisotopic (exact) mass is 204 g/mol. The molecular formula is C12H12O3. The Labute approximate surface area is 88.0 Å². The highest BCUT2D eigenvalue weighted by Gasteiger charge is 2.28. The number of epoxide rings is 1. The molecule has 78 valence electrons. The second-order valence-corrected chi connectivity index (χ2v) is 4.16. The first-order chi connectivity index (χ1) is 7.24. The third kappa shape index (κ3) is 1.53. The van der Waals surface area contributed by atoms with E-state index in [0.29, 0.717) is 5.56 Å². The molecule has 3 heteroatoms. The van der Waals surface area contributed by atoms with Crippen LogP contribution in [0.1, 0.15) is 34.5 Å². The van der Waals surface area contributed by atoms with Crippen LogP contribution in [-0.2, 0) is 15.9 Å². The van der Waals surface area contributed by atoms with Gasteiger partial charge in [-0.05, 0) is 24.1 Å². The highest BCUT2D eigenvalue weighted by atomic mass is 16.6. The van der Waals surface area contributed by atoms with E-state index in [1.54, 1.807) is 0 Å². The number of hydrogen-bond donors (Lipinski definition) is 0. The third-order valence-corrected chi connectivity index (χ3v) is 2.87. The van der Waals surface area contributed by atoms with Gasteiger partial charge in [0.1, 0.15) is 12.2 Å². The number of benzene rings is 1. The fourth-order valence-corrected chi connectivity index (χ4v) is 2.02. The molecular weight excluding hydrogens is 192 g/mol. The van der Waals surface area contributed by atoms with E-state index in [2.05, 4.69) is 6.07 Å². The molecule has 2 heterocycles. The summed E-state index contributed by atoms with van der Waals surface area (Å²) in [6, 6.07) is 5.87. The Kier molecular flexibility index (Phi) is 1.83. The quantitative estimate of drug-likeness (QED) is 0.517. The summed E-state index contributed by atoms with van der Waals surface area (Å²) in [6.45, 7) is 2.72. The Morgan fingerprint density at radius 3 is 2.93 bits per heavy atom. The van der Waals surface area contributed by atoms with E-state index < -0.39 is 0 Å². The SMILES string of the molecule is C[C@H]1Cc2cc([C@@H]3CO3)ccc2C(=O)O1. The molecule has 1 aromatic rings. The van der Waals surface area contributed by atoms with Crippen LogP contribution in [0, 0.1) is 0 Å². The molecule has 0 amide bonds. The minimum absolute atomic E-state index is 0.0135. The van der Waals surface area contributed by atoms with Gasteiger partial charge < -0.3 is 9.47 Å². The van der Waals surface area contributed by atoms with Crippen molar-refractivity contribution < 1.29 is 14.3 Å². The zero-order valence-electron chi connectivity index (χ0n) is 8.53. The van der Waals surface area contributed by atoms with Gasteiger partial charge in [-0.2, -0.15) is 0 Å². The Balaban J connectivity index is 2.02. The zero-order valence-corrected chi connectivity index (χ0v) is 8.53. The van der Waals surface area contributed by atoms with Crippen LogP contribution < -0.4 is 0 Å². The molecule has 0 N–H and O–H groups in total. The fraction of sp³-hybridized carbons (Fsp3) is 0.417. The van der Waals surface area contributed by atoms with Crippen LogP contribution in [-0.4, -0.2) is 18.7 Å². The van der Waals surface area contributed by atoms with Gasteiger partial charge in [-0.1, -0.05) is 12.1 Å². The van der Waals surface area contributed by atoms with Gasteiger partial charge in [0.2, 0.25) is 0 Å². The molecule has 2 aliphatic rings. The topological polar surface area (TPSA) is 38.8 Å². The van der Waals surface area contributed by atoms with Gasteiger partial charge in [-0.25, -0.2) is 4.79 Å². The normalized spacial score (nSPS) is 28.2. The molecule has 2 aliphatic heterocycles. The summed E-state index contributed by atoms with van der Waals surface area (Å²) >= 11 is 0. The summed E-state index contributed by atoms with van der Waals surface area (Å²) in [4.78, 5) is 11.5. The number of cyclic esters (lactones) is 1. The summed E-state index contributed by atoms with van der Waals surface area (Å²) in [5, 5.41) is 0. The molecule has 1 fully saturated rings. The first-order valence-electron chi connectivity index (χ1n) is 5.19. The van der Waals surface area contributed by atoms with Crippen molar-refractivity contribution in [1.82, 2.24) is 0 Å². The summed E-state index contributed by atoms with van der Waals surface area (Å²) in [6.07, 6.45) is 1.05. The maximum absolute atomic E-state index is 11.5. The average Bonchev–Trinajstić information content (AvgIpc) is 2.99. The van der Waals surface area contributed by atoms with Crippen LogP contribution in [0.15, 0.2) is 18.2 Å². The van der Waals surface area contributed by atoms with Crippen LogP contribution in [0.4, 0.5) is 0 Å². The first-order valence-corrected chi connectivity index (χ1v) is 5.19. The van der Waals surface area contributed by atoms with Crippen molar-refractivity contribution in [3.05, 3.63) is 34.9 Å². The average molecular weight is 204 g/mol. The second-order valence-electron chi connectivity index (χ2n) is 4.16. The van der Waals surface area contributed by atoms with E-state index >= 15 is 0 Å². The van der Waals surface area contributed by atoms with E-state index in [4.69, 9.17) is 9.47 Å². The largest absolute Gasteiger partial charge is 0.459 e. The molecule has 0 saturated carbocycles. The van der Waals surface area contributed by atoms with Crippen molar-refractivity contribution in [3.63, 3.8) is 0 Å². The highest BCUT2D eigenvalue weighted by Crippen LogP contribution is 2.32. The third-order valence-electron chi connectivity index (χ3n) is 2.87. The predicted molar refractivity (Wildman–Crippen MR) is 53.7 cm³/mol. The zero-order chi connectivity index (χ0) is 10.4. The maximum Gasteiger partial charge on any atom is 0.338 e. The van der Waals surface area contributed by atoms with Crippen LogP contribution in [0.2, 0.25) is 0 Å². The molecule has 1 saturated heterocycles. The second kappa shape index (κ2) is 3.07. The number of carbonyl (C=O) groups is 1. The number of esters is 1. The number of rotatable bonds is 1. The molecule has 1 aromatic carbocycles. The Bertz CT molecular complexity index is 421. The number of hydrogen-bond acceptors (Lipinski definition) is 3. The number of fused-ring (bicyclic) bond motifs is 1. The van der Waals surface area contributed by atoms with Gasteiger partial charge >= 0.3 is 5.97 Å². The van der Waals surface area contributed by atoms with Crippen molar-refractivity contribution >= 4 is 5.97 Å². The van der Waals surface area contributed by atoms with E-state index in [1.165, 1.54) is 5.56 Å². The maximum atomic E-state index is 11.5. The minimum Gasteiger partial charge on any atom is -0.459 e. The molecule has 0 radical (unpaired) electrons. The van der Waals surface area contributed by atoms with Gasteiger partial charge in [0.05, 0.1) is 12.2 Å². The lowest BCUT2D eigenvalue weighted by atomic mass is 9.96. The van der Waals surface area contributed by atoms with Crippen LogP contribution in [0.3, 0.4) is 0 Å².